The van der Waals surface area contributed by atoms with E-state index in [1.54, 1.807) is 11.9 Å². The number of allylic oxidation sites excluding steroid dienone is 2. The monoisotopic (exact) mass is 170 g/mol. The summed E-state index contributed by atoms with van der Waals surface area (Å²) in [5.41, 5.74) is 1.24. The van der Waals surface area contributed by atoms with Gasteiger partial charge in [-0.05, 0) is 23.4 Å². The minimum Gasteiger partial charge on any atom is -0.329 e. The quantitative estimate of drug-likeness (QED) is 0.630. The minimum absolute atomic E-state index is 0.550. The lowest BCUT2D eigenvalue weighted by Crippen LogP contribution is -2.28. The van der Waals surface area contributed by atoms with E-state index in [1.165, 1.54) is 5.70 Å². The van der Waals surface area contributed by atoms with Crippen LogP contribution in [0.15, 0.2) is 23.3 Å². The molecule has 0 fully saturated rings. The zero-order valence-corrected chi connectivity index (χ0v) is 7.74. The molecule has 11 heavy (non-hydrogen) atoms. The van der Waals surface area contributed by atoms with Crippen LogP contribution < -0.4 is 10.0 Å². The van der Waals surface area contributed by atoms with Gasteiger partial charge < -0.3 is 10.0 Å². The van der Waals surface area contributed by atoms with Gasteiger partial charge >= 0.3 is 0 Å². The molecular formula is C8H14N2S. The summed E-state index contributed by atoms with van der Waals surface area (Å²) in [6.45, 7) is 5.22. The van der Waals surface area contributed by atoms with Crippen LogP contribution in [-0.2, 0) is 0 Å². The molecule has 1 heterocycles. The highest BCUT2D eigenvalue weighted by Gasteiger charge is 1.98. The summed E-state index contributed by atoms with van der Waals surface area (Å²) in [5.74, 6) is 0. The largest absolute Gasteiger partial charge is 0.329 e. The topological polar surface area (TPSA) is 24.1 Å². The predicted molar refractivity (Wildman–Crippen MR) is 51.1 cm³/mol. The molecule has 0 aromatic carbocycles. The lowest BCUT2D eigenvalue weighted by molar-refractivity contribution is 0.616. The second kappa shape index (κ2) is 4.46. The molecule has 0 radical (unpaired) electrons. The first-order valence-corrected chi connectivity index (χ1v) is 4.68. The molecule has 0 atom stereocenters. The van der Waals surface area contributed by atoms with Gasteiger partial charge in [0.2, 0.25) is 0 Å². The van der Waals surface area contributed by atoms with E-state index in [9.17, 15) is 0 Å². The van der Waals surface area contributed by atoms with E-state index in [0.717, 1.165) is 6.54 Å². The van der Waals surface area contributed by atoms with Crippen molar-refractivity contribution < 1.29 is 0 Å². The highest BCUT2D eigenvalue weighted by atomic mass is 32.2. The Morgan fingerprint density at radius 2 is 2.45 bits per heavy atom. The van der Waals surface area contributed by atoms with Crippen LogP contribution in [0, 0.1) is 0 Å². The molecule has 0 saturated carbocycles. The molecule has 0 aromatic rings. The van der Waals surface area contributed by atoms with Gasteiger partial charge in [0.1, 0.15) is 0 Å². The van der Waals surface area contributed by atoms with Gasteiger partial charge in [-0.2, -0.15) is 0 Å². The Morgan fingerprint density at radius 1 is 1.64 bits per heavy atom. The summed E-state index contributed by atoms with van der Waals surface area (Å²) < 4.78 is 3.20. The number of hydrogen-bond donors (Lipinski definition) is 2. The second-order valence-corrected chi connectivity index (χ2v) is 3.49. The van der Waals surface area contributed by atoms with Gasteiger partial charge in [-0.15, -0.1) is 0 Å². The second-order valence-electron chi connectivity index (χ2n) is 2.78. The van der Waals surface area contributed by atoms with E-state index in [1.807, 2.05) is 5.41 Å². The number of rotatable bonds is 3. The molecule has 1 aliphatic heterocycles. The van der Waals surface area contributed by atoms with Crippen LogP contribution in [0.3, 0.4) is 0 Å². The van der Waals surface area contributed by atoms with Gasteiger partial charge in [-0.1, -0.05) is 19.9 Å². The van der Waals surface area contributed by atoms with Crippen molar-refractivity contribution in [1.29, 1.82) is 0 Å². The van der Waals surface area contributed by atoms with Gasteiger partial charge in [0.15, 0.2) is 0 Å². The van der Waals surface area contributed by atoms with Crippen LogP contribution in [0.5, 0.6) is 0 Å². The molecule has 3 heteroatoms. The van der Waals surface area contributed by atoms with Crippen LogP contribution in [-0.4, -0.2) is 12.6 Å². The average Bonchev–Trinajstić information content (AvgIpc) is 2.03. The van der Waals surface area contributed by atoms with Crippen LogP contribution >= 0.6 is 11.9 Å². The lowest BCUT2D eigenvalue weighted by Gasteiger charge is -2.13. The Bertz CT molecular complexity index is 173. The fraction of sp³-hybridized carbons (Fsp3) is 0.500. The number of hydrogen-bond acceptors (Lipinski definition) is 3. The third-order valence-corrected chi connectivity index (χ3v) is 2.01. The Kier molecular flexibility index (Phi) is 3.52. The van der Waals surface area contributed by atoms with E-state index in [4.69, 9.17) is 0 Å². The fourth-order valence-corrected chi connectivity index (χ4v) is 1.26. The molecule has 0 amide bonds. The zero-order valence-electron chi connectivity index (χ0n) is 6.92. The molecule has 1 aliphatic rings. The average molecular weight is 170 g/mol. The van der Waals surface area contributed by atoms with Gasteiger partial charge in [0.05, 0.1) is 0 Å². The van der Waals surface area contributed by atoms with Crippen molar-refractivity contribution in [3.8, 4) is 0 Å². The maximum Gasteiger partial charge on any atom is 0.0364 e. The standard InChI is InChI=1S/C8H14N2S/c1-7(2)9-6-8-4-3-5-11-10-8/h3-5,7,9-10H,6H2,1-2H3. The first-order chi connectivity index (χ1) is 5.29. The van der Waals surface area contributed by atoms with Crippen molar-refractivity contribution in [2.24, 2.45) is 0 Å². The van der Waals surface area contributed by atoms with Crippen molar-refractivity contribution >= 4 is 11.9 Å². The molecular weight excluding hydrogens is 156 g/mol. The Hall–Kier alpha value is -0.410. The van der Waals surface area contributed by atoms with E-state index in [0.29, 0.717) is 6.04 Å². The van der Waals surface area contributed by atoms with Crippen molar-refractivity contribution in [2.45, 2.75) is 19.9 Å². The SMILES string of the molecule is CC(C)NCC1=CC=CSN1. The minimum atomic E-state index is 0.550. The molecule has 62 valence electrons. The van der Waals surface area contributed by atoms with E-state index >= 15 is 0 Å². The Labute approximate surface area is 72.3 Å². The molecule has 0 unspecified atom stereocenters. The van der Waals surface area contributed by atoms with Gasteiger partial charge in [0, 0.05) is 18.3 Å². The molecule has 0 aliphatic carbocycles. The first-order valence-electron chi connectivity index (χ1n) is 3.80. The van der Waals surface area contributed by atoms with Crippen LogP contribution in [0.25, 0.3) is 0 Å². The normalized spacial score (nSPS) is 16.5. The van der Waals surface area contributed by atoms with E-state index in [-0.39, 0.29) is 0 Å². The van der Waals surface area contributed by atoms with Crippen LogP contribution in [0.4, 0.5) is 0 Å². The Morgan fingerprint density at radius 3 is 3.00 bits per heavy atom. The zero-order chi connectivity index (χ0) is 8.10. The maximum absolute atomic E-state index is 3.34. The number of nitrogens with one attached hydrogen (secondary N) is 2. The smallest absolute Gasteiger partial charge is 0.0364 e. The predicted octanol–water partition coefficient (Wildman–Crippen LogP) is 1.63. The van der Waals surface area contributed by atoms with Gasteiger partial charge in [-0.25, -0.2) is 0 Å². The van der Waals surface area contributed by atoms with Crippen molar-refractivity contribution in [1.82, 2.24) is 10.0 Å². The third-order valence-electron chi connectivity index (χ3n) is 1.33. The summed E-state index contributed by atoms with van der Waals surface area (Å²) in [7, 11) is 0. The summed E-state index contributed by atoms with van der Waals surface area (Å²) in [6, 6.07) is 0.550. The van der Waals surface area contributed by atoms with Crippen molar-refractivity contribution in [3.63, 3.8) is 0 Å². The van der Waals surface area contributed by atoms with Gasteiger partial charge in [0.25, 0.3) is 0 Å². The van der Waals surface area contributed by atoms with Crippen molar-refractivity contribution in [2.75, 3.05) is 6.54 Å². The molecule has 2 nitrogen and oxygen atoms in total. The molecule has 0 aromatic heterocycles. The maximum atomic E-state index is 3.34. The highest BCUT2D eigenvalue weighted by Crippen LogP contribution is 2.06. The molecule has 0 bridgehead atoms. The van der Waals surface area contributed by atoms with E-state index < -0.39 is 0 Å². The third kappa shape index (κ3) is 3.49. The fourth-order valence-electron chi connectivity index (χ4n) is 0.748. The van der Waals surface area contributed by atoms with Gasteiger partial charge in [-0.3, -0.25) is 0 Å². The Balaban J connectivity index is 2.25. The molecule has 1 rings (SSSR count). The summed E-state index contributed by atoms with van der Waals surface area (Å²) in [6.07, 6.45) is 4.14. The summed E-state index contributed by atoms with van der Waals surface area (Å²) in [5, 5.41) is 5.36. The lowest BCUT2D eigenvalue weighted by atomic mass is 10.3. The highest BCUT2D eigenvalue weighted by molar-refractivity contribution is 8.00. The first kappa shape index (κ1) is 8.68. The summed E-state index contributed by atoms with van der Waals surface area (Å²) in [4.78, 5) is 0. The molecule has 0 saturated heterocycles. The molecule has 0 spiro atoms. The summed E-state index contributed by atoms with van der Waals surface area (Å²) >= 11 is 1.62. The van der Waals surface area contributed by atoms with Crippen LogP contribution in [0.2, 0.25) is 0 Å². The van der Waals surface area contributed by atoms with Crippen LogP contribution in [0.1, 0.15) is 13.8 Å². The van der Waals surface area contributed by atoms with E-state index in [2.05, 4.69) is 36.0 Å². The molecule has 2 N–H and O–H groups in total. The van der Waals surface area contributed by atoms with Crippen molar-refractivity contribution in [3.05, 3.63) is 23.3 Å².